The van der Waals surface area contributed by atoms with E-state index in [9.17, 15) is 9.90 Å². The summed E-state index contributed by atoms with van der Waals surface area (Å²) in [5, 5.41) is 12.0. The summed E-state index contributed by atoms with van der Waals surface area (Å²) >= 11 is 0. The van der Waals surface area contributed by atoms with Crippen LogP contribution in [0.2, 0.25) is 0 Å². The molecule has 86 valence electrons. The number of methoxy groups -OCH3 is 2. The summed E-state index contributed by atoms with van der Waals surface area (Å²) in [6.07, 6.45) is 3.59. The van der Waals surface area contributed by atoms with E-state index in [4.69, 9.17) is 9.47 Å². The van der Waals surface area contributed by atoms with Crippen LogP contribution in [0.1, 0.15) is 12.8 Å². The Labute approximate surface area is 89.1 Å². The minimum Gasteiger partial charge on any atom is -0.389 e. The third-order valence-corrected chi connectivity index (χ3v) is 2.31. The molecular weight excluding hydrogens is 198 g/mol. The van der Waals surface area contributed by atoms with Gasteiger partial charge >= 0.3 is 0 Å². The van der Waals surface area contributed by atoms with Gasteiger partial charge in [0.1, 0.15) is 0 Å². The van der Waals surface area contributed by atoms with Crippen LogP contribution < -0.4 is 5.32 Å². The molecule has 5 nitrogen and oxygen atoms in total. The van der Waals surface area contributed by atoms with E-state index in [1.807, 2.05) is 0 Å². The van der Waals surface area contributed by atoms with Gasteiger partial charge < -0.3 is 19.9 Å². The number of aliphatic hydroxyl groups is 1. The van der Waals surface area contributed by atoms with Gasteiger partial charge in [0.2, 0.25) is 6.29 Å². The normalized spacial score (nSPS) is 25.6. The monoisotopic (exact) mass is 215 g/mol. The predicted octanol–water partition coefficient (Wildman–Crippen LogP) is -0.199. The van der Waals surface area contributed by atoms with Crippen molar-refractivity contribution in [2.24, 2.45) is 0 Å². The number of aliphatic hydroxyl groups excluding tert-OH is 1. The number of carbonyl (C=O) groups is 1. The molecule has 1 aliphatic carbocycles. The summed E-state index contributed by atoms with van der Waals surface area (Å²) in [7, 11) is 2.82. The molecule has 0 bridgehead atoms. The van der Waals surface area contributed by atoms with E-state index in [-0.39, 0.29) is 11.9 Å². The van der Waals surface area contributed by atoms with Gasteiger partial charge in [-0.3, -0.25) is 4.79 Å². The Kier molecular flexibility index (Phi) is 4.74. The number of ether oxygens (including phenoxy) is 2. The molecule has 2 N–H and O–H groups in total. The van der Waals surface area contributed by atoms with Crippen molar-refractivity contribution in [2.45, 2.75) is 31.3 Å². The fourth-order valence-electron chi connectivity index (χ4n) is 1.49. The van der Waals surface area contributed by atoms with Crippen molar-refractivity contribution in [3.05, 3.63) is 12.2 Å². The Balaban J connectivity index is 2.41. The summed E-state index contributed by atoms with van der Waals surface area (Å²) in [4.78, 5) is 11.5. The Morgan fingerprint density at radius 1 is 1.40 bits per heavy atom. The first-order chi connectivity index (χ1) is 7.17. The molecule has 0 spiro atoms. The second-order valence-electron chi connectivity index (χ2n) is 3.45. The molecule has 0 aromatic heterocycles. The molecule has 1 rings (SSSR count). The molecule has 1 amide bonds. The van der Waals surface area contributed by atoms with Crippen molar-refractivity contribution in [1.29, 1.82) is 0 Å². The number of nitrogens with one attached hydrogen (secondary N) is 1. The molecule has 0 aromatic carbocycles. The van der Waals surface area contributed by atoms with Crippen molar-refractivity contribution >= 4 is 5.91 Å². The minimum absolute atomic E-state index is 0.0475. The lowest BCUT2D eigenvalue weighted by molar-refractivity contribution is -0.159. The van der Waals surface area contributed by atoms with Gasteiger partial charge in [0.25, 0.3) is 5.91 Å². The Morgan fingerprint density at radius 3 is 2.53 bits per heavy atom. The Morgan fingerprint density at radius 2 is 2.07 bits per heavy atom. The van der Waals surface area contributed by atoms with Gasteiger partial charge in [0, 0.05) is 20.3 Å². The number of carbonyl (C=O) groups excluding carboxylic acids is 1. The second kappa shape index (κ2) is 5.85. The largest absolute Gasteiger partial charge is 0.389 e. The molecule has 15 heavy (non-hydrogen) atoms. The van der Waals surface area contributed by atoms with Gasteiger partial charge in [-0.2, -0.15) is 0 Å². The molecule has 5 heteroatoms. The Bertz CT molecular complexity index is 238. The maximum atomic E-state index is 11.5. The molecule has 0 heterocycles. The summed E-state index contributed by atoms with van der Waals surface area (Å²) in [5.41, 5.74) is 0. The molecule has 0 saturated carbocycles. The van der Waals surface area contributed by atoms with Gasteiger partial charge in [-0.1, -0.05) is 12.2 Å². The molecule has 0 radical (unpaired) electrons. The van der Waals surface area contributed by atoms with Crippen molar-refractivity contribution in [3.8, 4) is 0 Å². The highest BCUT2D eigenvalue weighted by Crippen LogP contribution is 2.11. The highest BCUT2D eigenvalue weighted by molar-refractivity contribution is 5.79. The maximum Gasteiger partial charge on any atom is 0.277 e. The maximum absolute atomic E-state index is 11.5. The highest BCUT2D eigenvalue weighted by atomic mass is 16.7. The zero-order valence-electron chi connectivity index (χ0n) is 8.97. The van der Waals surface area contributed by atoms with Crippen LogP contribution in [0.5, 0.6) is 0 Å². The second-order valence-corrected chi connectivity index (χ2v) is 3.45. The van der Waals surface area contributed by atoms with Crippen LogP contribution in [0, 0.1) is 0 Å². The highest BCUT2D eigenvalue weighted by Gasteiger charge is 2.21. The minimum atomic E-state index is -0.870. The van der Waals surface area contributed by atoms with Crippen LogP contribution in [-0.2, 0) is 14.3 Å². The van der Waals surface area contributed by atoms with Crippen LogP contribution in [0.3, 0.4) is 0 Å². The van der Waals surface area contributed by atoms with E-state index in [1.54, 1.807) is 12.2 Å². The number of hydrogen-bond donors (Lipinski definition) is 2. The van der Waals surface area contributed by atoms with Crippen LogP contribution in [0.4, 0.5) is 0 Å². The van der Waals surface area contributed by atoms with Gasteiger partial charge in [-0.05, 0) is 12.8 Å². The first-order valence-corrected chi connectivity index (χ1v) is 4.89. The topological polar surface area (TPSA) is 67.8 Å². The zero-order chi connectivity index (χ0) is 11.3. The summed E-state index contributed by atoms with van der Waals surface area (Å²) < 4.78 is 9.63. The molecule has 1 unspecified atom stereocenters. The molecule has 2 atom stereocenters. The van der Waals surface area contributed by atoms with E-state index in [0.29, 0.717) is 6.42 Å². The first kappa shape index (κ1) is 12.2. The summed E-state index contributed by atoms with van der Waals surface area (Å²) in [6.45, 7) is 0. The lowest BCUT2D eigenvalue weighted by Crippen LogP contribution is -2.43. The first-order valence-electron chi connectivity index (χ1n) is 4.89. The van der Waals surface area contributed by atoms with Gasteiger partial charge in [0.15, 0.2) is 0 Å². The van der Waals surface area contributed by atoms with Crippen LogP contribution >= 0.6 is 0 Å². The van der Waals surface area contributed by atoms with Crippen molar-refractivity contribution in [3.63, 3.8) is 0 Å². The average molecular weight is 215 g/mol. The molecule has 0 aliphatic heterocycles. The molecular formula is C10H17NO4. The third kappa shape index (κ3) is 3.62. The van der Waals surface area contributed by atoms with E-state index >= 15 is 0 Å². The summed E-state index contributed by atoms with van der Waals surface area (Å²) in [5.74, 6) is -0.300. The van der Waals surface area contributed by atoms with E-state index < -0.39 is 12.4 Å². The molecule has 0 saturated heterocycles. The van der Waals surface area contributed by atoms with Crippen LogP contribution in [0.15, 0.2) is 12.2 Å². The van der Waals surface area contributed by atoms with E-state index in [1.165, 1.54) is 14.2 Å². The SMILES string of the molecule is COC(OC)C(=O)N[C@@H]1C=CC(O)CC1. The molecule has 0 aromatic rings. The fourth-order valence-corrected chi connectivity index (χ4v) is 1.49. The predicted molar refractivity (Wildman–Crippen MR) is 54.1 cm³/mol. The van der Waals surface area contributed by atoms with Crippen molar-refractivity contribution in [2.75, 3.05) is 14.2 Å². The molecule has 1 aliphatic rings. The van der Waals surface area contributed by atoms with E-state index in [2.05, 4.69) is 5.32 Å². The van der Waals surface area contributed by atoms with Gasteiger partial charge in [-0.15, -0.1) is 0 Å². The Hall–Kier alpha value is -0.910. The lowest BCUT2D eigenvalue weighted by atomic mass is 10.0. The number of rotatable bonds is 4. The third-order valence-electron chi connectivity index (χ3n) is 2.31. The average Bonchev–Trinajstić information content (AvgIpc) is 2.23. The summed E-state index contributed by atoms with van der Waals surface area (Å²) in [6, 6.07) is -0.0475. The van der Waals surface area contributed by atoms with E-state index in [0.717, 1.165) is 6.42 Å². The van der Waals surface area contributed by atoms with Gasteiger partial charge in [-0.25, -0.2) is 0 Å². The van der Waals surface area contributed by atoms with Crippen molar-refractivity contribution in [1.82, 2.24) is 5.32 Å². The zero-order valence-corrected chi connectivity index (χ0v) is 8.97. The smallest absolute Gasteiger partial charge is 0.277 e. The lowest BCUT2D eigenvalue weighted by Gasteiger charge is -2.22. The van der Waals surface area contributed by atoms with Gasteiger partial charge in [0.05, 0.1) is 6.10 Å². The fraction of sp³-hybridized carbons (Fsp3) is 0.700. The van der Waals surface area contributed by atoms with Crippen LogP contribution in [-0.4, -0.2) is 43.7 Å². The quantitative estimate of drug-likeness (QED) is 0.503. The number of amides is 1. The van der Waals surface area contributed by atoms with Crippen molar-refractivity contribution < 1.29 is 19.4 Å². The van der Waals surface area contributed by atoms with Crippen LogP contribution in [0.25, 0.3) is 0 Å². The number of hydrogen-bond acceptors (Lipinski definition) is 4. The standard InChI is InChI=1S/C10H17NO4/c1-14-10(15-2)9(13)11-7-3-5-8(12)6-4-7/h3,5,7-8,10,12H,4,6H2,1-2H3,(H,11,13)/t7-,8?/m1/s1. The molecule has 0 fully saturated rings.